The van der Waals surface area contributed by atoms with Crippen LogP contribution < -0.4 is 15.2 Å². The molecule has 104 valence electrons. The van der Waals surface area contributed by atoms with Crippen LogP contribution in [0, 0.1) is 12.3 Å². The van der Waals surface area contributed by atoms with E-state index in [0.717, 1.165) is 5.56 Å². The molecule has 1 unspecified atom stereocenters. The molecule has 0 aliphatic heterocycles. The van der Waals surface area contributed by atoms with Crippen molar-refractivity contribution >= 4 is 0 Å². The first-order valence-electron chi connectivity index (χ1n) is 5.94. The number of hydrogen-bond acceptors (Lipinski definition) is 6. The van der Waals surface area contributed by atoms with Crippen molar-refractivity contribution in [2.45, 2.75) is 12.5 Å². The Morgan fingerprint density at radius 1 is 1.35 bits per heavy atom. The third-order valence-electron chi connectivity index (χ3n) is 2.74. The Bertz CT molecular complexity index is 631. The van der Waals surface area contributed by atoms with E-state index in [1.165, 1.54) is 0 Å². The molecule has 2 rings (SSSR count). The molecule has 0 aliphatic rings. The molecule has 0 fully saturated rings. The Balaban J connectivity index is 2.31. The van der Waals surface area contributed by atoms with E-state index in [-0.39, 0.29) is 0 Å². The van der Waals surface area contributed by atoms with Crippen LogP contribution >= 0.6 is 0 Å². The topological polar surface area (TPSA) is 83.4 Å². The van der Waals surface area contributed by atoms with Crippen molar-refractivity contribution in [3.05, 3.63) is 24.1 Å². The molecule has 0 saturated carbocycles. The van der Waals surface area contributed by atoms with Gasteiger partial charge >= 0.3 is 0 Å². The number of ether oxygens (including phenoxy) is 2. The molecule has 6 heteroatoms. The number of nitrogens with zero attached hydrogens (tertiary/aromatic N) is 2. The number of rotatable bonds is 5. The molecule has 1 aromatic carbocycles. The van der Waals surface area contributed by atoms with Gasteiger partial charge in [-0.15, -0.1) is 12.3 Å². The SMILES string of the molecule is C#CCC(N)c1nc(-c2ccc(OC)c(OC)c2)no1. The molecule has 20 heavy (non-hydrogen) atoms. The normalized spacial score (nSPS) is 11.7. The Hall–Kier alpha value is -2.52. The van der Waals surface area contributed by atoms with E-state index in [1.807, 2.05) is 6.07 Å². The van der Waals surface area contributed by atoms with Crippen LogP contribution in [0.25, 0.3) is 11.4 Å². The van der Waals surface area contributed by atoms with Crippen molar-refractivity contribution < 1.29 is 14.0 Å². The summed E-state index contributed by atoms with van der Waals surface area (Å²) in [5, 5.41) is 3.89. The quantitative estimate of drug-likeness (QED) is 0.836. The standard InChI is InChI=1S/C14H15N3O3/c1-4-5-10(15)14-16-13(17-20-14)9-6-7-11(18-2)12(8-9)19-3/h1,6-8,10H,5,15H2,2-3H3. The second-order valence-electron chi connectivity index (χ2n) is 4.04. The van der Waals surface area contributed by atoms with E-state index in [4.69, 9.17) is 26.2 Å². The lowest BCUT2D eigenvalue weighted by atomic mass is 10.2. The van der Waals surface area contributed by atoms with Crippen molar-refractivity contribution in [2.75, 3.05) is 14.2 Å². The van der Waals surface area contributed by atoms with Crippen LogP contribution in [0.2, 0.25) is 0 Å². The average Bonchev–Trinajstić information content (AvgIpc) is 2.96. The second-order valence-corrected chi connectivity index (χ2v) is 4.04. The third kappa shape index (κ3) is 2.73. The molecule has 0 amide bonds. The molecule has 0 spiro atoms. The van der Waals surface area contributed by atoms with Gasteiger partial charge in [0.2, 0.25) is 11.7 Å². The van der Waals surface area contributed by atoms with E-state index in [1.54, 1.807) is 26.4 Å². The first-order chi connectivity index (χ1) is 9.69. The van der Waals surface area contributed by atoms with Crippen LogP contribution in [0.4, 0.5) is 0 Å². The largest absolute Gasteiger partial charge is 0.493 e. The van der Waals surface area contributed by atoms with Crippen LogP contribution in [0.3, 0.4) is 0 Å². The molecule has 1 atom stereocenters. The zero-order valence-corrected chi connectivity index (χ0v) is 11.3. The summed E-state index contributed by atoms with van der Waals surface area (Å²) in [5.41, 5.74) is 6.56. The number of terminal acetylenes is 1. The molecule has 1 aromatic heterocycles. The van der Waals surface area contributed by atoms with Gasteiger partial charge in [0.15, 0.2) is 11.5 Å². The molecule has 0 bridgehead atoms. The van der Waals surface area contributed by atoms with E-state index in [2.05, 4.69) is 16.1 Å². The molecule has 0 radical (unpaired) electrons. The zero-order valence-electron chi connectivity index (χ0n) is 11.3. The Morgan fingerprint density at radius 2 is 2.10 bits per heavy atom. The average molecular weight is 273 g/mol. The van der Waals surface area contributed by atoms with Gasteiger partial charge in [-0.1, -0.05) is 5.16 Å². The summed E-state index contributed by atoms with van der Waals surface area (Å²) in [6.45, 7) is 0. The van der Waals surface area contributed by atoms with Gasteiger partial charge in [-0.3, -0.25) is 0 Å². The van der Waals surface area contributed by atoms with Crippen molar-refractivity contribution in [2.24, 2.45) is 5.73 Å². The van der Waals surface area contributed by atoms with Gasteiger partial charge in [0, 0.05) is 12.0 Å². The molecule has 1 heterocycles. The maximum Gasteiger partial charge on any atom is 0.244 e. The number of benzene rings is 1. The number of hydrogen-bond donors (Lipinski definition) is 1. The molecule has 0 saturated heterocycles. The highest BCUT2D eigenvalue weighted by Crippen LogP contribution is 2.31. The van der Waals surface area contributed by atoms with Gasteiger partial charge < -0.3 is 19.7 Å². The highest BCUT2D eigenvalue weighted by molar-refractivity contribution is 5.60. The Labute approximate surface area is 116 Å². The molecule has 6 nitrogen and oxygen atoms in total. The lowest BCUT2D eigenvalue weighted by molar-refractivity contribution is 0.354. The van der Waals surface area contributed by atoms with Crippen LogP contribution in [-0.2, 0) is 0 Å². The summed E-state index contributed by atoms with van der Waals surface area (Å²) in [6, 6.07) is 4.88. The molecule has 0 aliphatic carbocycles. The van der Waals surface area contributed by atoms with E-state index in [9.17, 15) is 0 Å². The fourth-order valence-electron chi connectivity index (χ4n) is 1.69. The minimum absolute atomic E-state index is 0.313. The van der Waals surface area contributed by atoms with Gasteiger partial charge in [-0.05, 0) is 18.2 Å². The lowest BCUT2D eigenvalue weighted by Crippen LogP contribution is -2.09. The van der Waals surface area contributed by atoms with Gasteiger partial charge in [0.1, 0.15) is 0 Å². The second kappa shape index (κ2) is 6.08. The van der Waals surface area contributed by atoms with Crippen LogP contribution in [0.15, 0.2) is 22.7 Å². The smallest absolute Gasteiger partial charge is 0.244 e. The van der Waals surface area contributed by atoms with Crippen LogP contribution in [0.5, 0.6) is 11.5 Å². The first-order valence-corrected chi connectivity index (χ1v) is 5.94. The maximum absolute atomic E-state index is 5.82. The number of aromatic nitrogens is 2. The van der Waals surface area contributed by atoms with Gasteiger partial charge in [-0.2, -0.15) is 4.98 Å². The monoisotopic (exact) mass is 273 g/mol. The Morgan fingerprint density at radius 3 is 2.75 bits per heavy atom. The van der Waals surface area contributed by atoms with E-state index in [0.29, 0.717) is 29.6 Å². The predicted molar refractivity (Wildman–Crippen MR) is 73.2 cm³/mol. The maximum atomic E-state index is 5.82. The van der Waals surface area contributed by atoms with Crippen molar-refractivity contribution in [3.8, 4) is 35.2 Å². The van der Waals surface area contributed by atoms with Crippen molar-refractivity contribution in [1.82, 2.24) is 10.1 Å². The van der Waals surface area contributed by atoms with Crippen LogP contribution in [0.1, 0.15) is 18.4 Å². The first kappa shape index (κ1) is 13.9. The van der Waals surface area contributed by atoms with Gasteiger partial charge in [0.25, 0.3) is 0 Å². The summed E-state index contributed by atoms with van der Waals surface area (Å²) < 4.78 is 15.5. The van der Waals surface area contributed by atoms with Crippen LogP contribution in [-0.4, -0.2) is 24.4 Å². The minimum atomic E-state index is -0.457. The summed E-state index contributed by atoms with van der Waals surface area (Å²) in [7, 11) is 3.13. The zero-order chi connectivity index (χ0) is 14.5. The lowest BCUT2D eigenvalue weighted by Gasteiger charge is -2.07. The number of methoxy groups -OCH3 is 2. The number of nitrogens with two attached hydrogens (primary N) is 1. The Kier molecular flexibility index (Phi) is 4.23. The fourth-order valence-corrected chi connectivity index (χ4v) is 1.69. The van der Waals surface area contributed by atoms with Gasteiger partial charge in [0.05, 0.1) is 20.3 Å². The summed E-state index contributed by atoms with van der Waals surface area (Å²) >= 11 is 0. The summed E-state index contributed by atoms with van der Waals surface area (Å²) in [6.07, 6.45) is 5.55. The fraction of sp³-hybridized carbons (Fsp3) is 0.286. The molecular formula is C14H15N3O3. The summed E-state index contributed by atoms with van der Waals surface area (Å²) in [4.78, 5) is 4.24. The third-order valence-corrected chi connectivity index (χ3v) is 2.74. The van der Waals surface area contributed by atoms with E-state index < -0.39 is 6.04 Å². The highest BCUT2D eigenvalue weighted by atomic mass is 16.5. The molecule has 2 aromatic rings. The van der Waals surface area contributed by atoms with Crippen molar-refractivity contribution in [3.63, 3.8) is 0 Å². The summed E-state index contributed by atoms with van der Waals surface area (Å²) in [5.74, 6) is 4.41. The predicted octanol–water partition coefficient (Wildman–Crippen LogP) is 1.78. The minimum Gasteiger partial charge on any atom is -0.493 e. The van der Waals surface area contributed by atoms with E-state index >= 15 is 0 Å². The molecular weight excluding hydrogens is 258 g/mol. The van der Waals surface area contributed by atoms with Gasteiger partial charge in [-0.25, -0.2) is 0 Å². The molecule has 2 N–H and O–H groups in total. The van der Waals surface area contributed by atoms with Crippen molar-refractivity contribution in [1.29, 1.82) is 0 Å². The highest BCUT2D eigenvalue weighted by Gasteiger charge is 2.16.